The SMILES string of the molecule is CS(=O)(=O)N(OC(=O)C(F)(F)F)c1ccc(-c2noc([C@@H]3CCCN3C(=O)C[C@H](N)Cc3ccccc3F)n2)cc1. The van der Waals surface area contributed by atoms with Crippen molar-refractivity contribution in [2.75, 3.05) is 17.3 Å². The Morgan fingerprint density at radius 3 is 2.51 bits per heavy atom. The number of aromatic nitrogens is 2. The van der Waals surface area contributed by atoms with E-state index in [0.29, 0.717) is 36.8 Å². The smallest absolute Gasteiger partial charge is 0.337 e. The third kappa shape index (κ3) is 7.18. The number of hydrogen-bond donors (Lipinski definition) is 1. The molecule has 0 radical (unpaired) electrons. The predicted molar refractivity (Wildman–Crippen MR) is 136 cm³/mol. The minimum absolute atomic E-state index is 0.0248. The van der Waals surface area contributed by atoms with Gasteiger partial charge in [-0.3, -0.25) is 4.79 Å². The van der Waals surface area contributed by atoms with Crippen molar-refractivity contribution in [3.8, 4) is 11.4 Å². The molecule has 0 unspecified atom stereocenters. The third-order valence-electron chi connectivity index (χ3n) is 6.21. The van der Waals surface area contributed by atoms with Gasteiger partial charge in [0.1, 0.15) is 11.9 Å². The summed E-state index contributed by atoms with van der Waals surface area (Å²) >= 11 is 0. The molecule has 0 saturated carbocycles. The molecule has 2 atom stereocenters. The maximum absolute atomic E-state index is 14.0. The highest BCUT2D eigenvalue weighted by Crippen LogP contribution is 2.33. The lowest BCUT2D eigenvalue weighted by atomic mass is 10.0. The summed E-state index contributed by atoms with van der Waals surface area (Å²) in [6, 6.07) is 9.84. The molecule has 4 rings (SSSR count). The molecule has 16 heteroatoms. The minimum Gasteiger partial charge on any atom is -0.337 e. The molecule has 41 heavy (non-hydrogen) atoms. The standard InChI is InChI=1S/C25H25F4N5O6S/c1-41(37,38)34(40-24(36)25(27,28)29)18-10-8-15(9-11-18)22-31-23(39-32-22)20-7-4-12-33(20)21(35)14-17(30)13-16-5-2-3-6-19(16)26/h2-3,5-6,8-11,17,20H,4,7,12-14,30H2,1H3/t17-,20+/m1/s1. The lowest BCUT2D eigenvalue weighted by molar-refractivity contribution is -0.199. The van der Waals surface area contributed by atoms with Gasteiger partial charge < -0.3 is 20.0 Å². The zero-order valence-electron chi connectivity index (χ0n) is 21.5. The van der Waals surface area contributed by atoms with Gasteiger partial charge in [-0.1, -0.05) is 27.8 Å². The van der Waals surface area contributed by atoms with Crippen LogP contribution in [0.25, 0.3) is 11.4 Å². The number of alkyl halides is 3. The van der Waals surface area contributed by atoms with E-state index in [9.17, 15) is 35.6 Å². The Hall–Kier alpha value is -4.05. The van der Waals surface area contributed by atoms with E-state index in [0.717, 1.165) is 12.1 Å². The van der Waals surface area contributed by atoms with Crippen molar-refractivity contribution in [1.82, 2.24) is 15.0 Å². The molecule has 3 aromatic rings. The van der Waals surface area contributed by atoms with Crippen LogP contribution in [-0.2, 0) is 30.9 Å². The number of carbonyl (C=O) groups excluding carboxylic acids is 2. The molecular formula is C25H25F4N5O6S. The van der Waals surface area contributed by atoms with E-state index in [4.69, 9.17) is 10.3 Å². The summed E-state index contributed by atoms with van der Waals surface area (Å²) in [6.45, 7) is 0.431. The van der Waals surface area contributed by atoms with Gasteiger partial charge in [0.15, 0.2) is 0 Å². The Morgan fingerprint density at radius 1 is 1.20 bits per heavy atom. The molecule has 1 aromatic heterocycles. The van der Waals surface area contributed by atoms with Gasteiger partial charge >= 0.3 is 12.1 Å². The Kier molecular flexibility index (Phi) is 8.63. The summed E-state index contributed by atoms with van der Waals surface area (Å²) in [5, 5.41) is 3.90. The molecule has 2 N–H and O–H groups in total. The van der Waals surface area contributed by atoms with E-state index in [1.807, 2.05) is 0 Å². The van der Waals surface area contributed by atoms with Crippen LogP contribution in [-0.4, -0.2) is 60.4 Å². The van der Waals surface area contributed by atoms with Crippen molar-refractivity contribution in [2.45, 2.75) is 43.9 Å². The first kappa shape index (κ1) is 29.9. The number of halogens is 4. The molecule has 1 saturated heterocycles. The lowest BCUT2D eigenvalue weighted by Crippen LogP contribution is -2.38. The highest BCUT2D eigenvalue weighted by atomic mass is 32.2. The van der Waals surface area contributed by atoms with E-state index in [-0.39, 0.29) is 40.6 Å². The van der Waals surface area contributed by atoms with Crippen LogP contribution in [0.1, 0.15) is 36.8 Å². The first-order valence-electron chi connectivity index (χ1n) is 12.3. The van der Waals surface area contributed by atoms with Crippen LogP contribution in [0.2, 0.25) is 0 Å². The monoisotopic (exact) mass is 599 g/mol. The predicted octanol–water partition coefficient (Wildman–Crippen LogP) is 3.29. The molecule has 1 aliphatic rings. The van der Waals surface area contributed by atoms with Crippen molar-refractivity contribution >= 4 is 27.6 Å². The summed E-state index contributed by atoms with van der Waals surface area (Å²) < 4.78 is 80.9. The fourth-order valence-electron chi connectivity index (χ4n) is 4.34. The average molecular weight is 600 g/mol. The number of anilines is 1. The summed E-state index contributed by atoms with van der Waals surface area (Å²) in [5.41, 5.74) is 6.47. The average Bonchev–Trinajstić information content (AvgIpc) is 3.57. The third-order valence-corrected chi connectivity index (χ3v) is 7.10. The highest BCUT2D eigenvalue weighted by molar-refractivity contribution is 7.91. The van der Waals surface area contributed by atoms with E-state index in [2.05, 4.69) is 15.0 Å². The van der Waals surface area contributed by atoms with Gasteiger partial charge in [0.05, 0.1) is 11.9 Å². The summed E-state index contributed by atoms with van der Waals surface area (Å²) in [7, 11) is -4.43. The zero-order chi connectivity index (χ0) is 29.9. The number of nitrogens with two attached hydrogens (primary N) is 1. The summed E-state index contributed by atoms with van der Waals surface area (Å²) in [4.78, 5) is 34.2. The molecule has 1 fully saturated rings. The van der Waals surface area contributed by atoms with E-state index in [1.165, 1.54) is 18.2 Å². The number of sulfonamides is 1. The first-order chi connectivity index (χ1) is 19.2. The molecule has 0 aliphatic carbocycles. The molecule has 0 bridgehead atoms. The highest BCUT2D eigenvalue weighted by Gasteiger charge is 2.44. The Labute approximate surface area is 231 Å². The van der Waals surface area contributed by atoms with Crippen molar-refractivity contribution in [3.63, 3.8) is 0 Å². The normalized spacial score (nSPS) is 16.4. The summed E-state index contributed by atoms with van der Waals surface area (Å²) in [5.74, 6) is -3.14. The maximum atomic E-state index is 14.0. The Bertz CT molecular complexity index is 1510. The fourth-order valence-corrected chi connectivity index (χ4v) is 5.05. The molecule has 11 nitrogen and oxygen atoms in total. The van der Waals surface area contributed by atoms with Crippen LogP contribution >= 0.6 is 0 Å². The second-order valence-corrected chi connectivity index (χ2v) is 11.2. The molecule has 2 aromatic carbocycles. The van der Waals surface area contributed by atoms with Crippen LogP contribution in [0, 0.1) is 5.82 Å². The quantitative estimate of drug-likeness (QED) is 0.289. The number of carbonyl (C=O) groups is 2. The van der Waals surface area contributed by atoms with Gasteiger partial charge in [-0.05, 0) is 55.2 Å². The Morgan fingerprint density at radius 2 is 1.88 bits per heavy atom. The van der Waals surface area contributed by atoms with Crippen LogP contribution in [0.15, 0.2) is 53.1 Å². The largest absolute Gasteiger partial charge is 0.493 e. The molecular weight excluding hydrogens is 574 g/mol. The number of rotatable bonds is 9. The zero-order valence-corrected chi connectivity index (χ0v) is 22.4. The fraction of sp³-hybridized carbons (Fsp3) is 0.360. The van der Waals surface area contributed by atoms with Crippen LogP contribution in [0.3, 0.4) is 0 Å². The van der Waals surface area contributed by atoms with Gasteiger partial charge in [-0.25, -0.2) is 17.6 Å². The van der Waals surface area contributed by atoms with E-state index >= 15 is 0 Å². The minimum atomic E-state index is -5.41. The van der Waals surface area contributed by atoms with Gasteiger partial charge in [-0.2, -0.15) is 18.2 Å². The number of likely N-dealkylation sites (tertiary alicyclic amines) is 1. The second-order valence-electron chi connectivity index (χ2n) is 9.37. The van der Waals surface area contributed by atoms with Crippen LogP contribution in [0.4, 0.5) is 23.2 Å². The number of benzene rings is 2. The summed E-state index contributed by atoms with van der Waals surface area (Å²) in [6.07, 6.45) is -3.47. The van der Waals surface area contributed by atoms with Gasteiger partial charge in [0, 0.05) is 24.6 Å². The molecule has 220 valence electrons. The molecule has 1 amide bonds. The molecule has 1 aliphatic heterocycles. The number of amides is 1. The molecule has 0 spiro atoms. The first-order valence-corrected chi connectivity index (χ1v) is 14.1. The van der Waals surface area contributed by atoms with Crippen LogP contribution < -0.4 is 10.2 Å². The van der Waals surface area contributed by atoms with Gasteiger partial charge in [0.2, 0.25) is 17.6 Å². The van der Waals surface area contributed by atoms with Crippen molar-refractivity contribution in [3.05, 3.63) is 65.8 Å². The van der Waals surface area contributed by atoms with Gasteiger partial charge in [0.25, 0.3) is 10.0 Å². The topological polar surface area (TPSA) is 149 Å². The van der Waals surface area contributed by atoms with E-state index < -0.39 is 40.1 Å². The van der Waals surface area contributed by atoms with E-state index in [1.54, 1.807) is 23.1 Å². The van der Waals surface area contributed by atoms with Crippen molar-refractivity contribution < 1.29 is 44.9 Å². The van der Waals surface area contributed by atoms with Crippen molar-refractivity contribution in [2.24, 2.45) is 5.73 Å². The lowest BCUT2D eigenvalue weighted by Gasteiger charge is -2.23. The number of nitrogens with zero attached hydrogens (tertiary/aromatic N) is 4. The molecule has 2 heterocycles. The maximum Gasteiger partial charge on any atom is 0.493 e. The number of hydrogen-bond acceptors (Lipinski definition) is 9. The van der Waals surface area contributed by atoms with Crippen LogP contribution in [0.5, 0.6) is 0 Å². The van der Waals surface area contributed by atoms with Gasteiger partial charge in [-0.15, -0.1) is 0 Å². The van der Waals surface area contributed by atoms with Crippen molar-refractivity contribution in [1.29, 1.82) is 0 Å². The Balaban J connectivity index is 1.45. The second kappa shape index (κ2) is 11.8.